The lowest BCUT2D eigenvalue weighted by atomic mass is 10.1. The van der Waals surface area contributed by atoms with Gasteiger partial charge in [-0.1, -0.05) is 147 Å². The molecule has 0 aromatic heterocycles. The molecule has 0 aliphatic heterocycles. The van der Waals surface area contributed by atoms with Crippen molar-refractivity contribution < 1.29 is 28.6 Å². The van der Waals surface area contributed by atoms with Crippen molar-refractivity contribution in [3.05, 3.63) is 36.5 Å². The first-order valence-corrected chi connectivity index (χ1v) is 20.5. The molecule has 0 heterocycles. The average Bonchev–Trinajstić information content (AvgIpc) is 3.09. The summed E-state index contributed by atoms with van der Waals surface area (Å²) in [6.07, 6.45) is 41.5. The molecule has 0 amide bonds. The molecule has 0 aromatic rings. The maximum atomic E-state index is 12.6. The SMILES string of the molecule is CCCC/C=C\CCCCCCCC(=O)OC(COC(=O)CCCCCCC)COC(=O)CCCCCCC/C=C\C/C=C\CCCCC. The van der Waals surface area contributed by atoms with E-state index in [4.69, 9.17) is 14.2 Å². The van der Waals surface area contributed by atoms with Crippen LogP contribution in [0.3, 0.4) is 0 Å². The van der Waals surface area contributed by atoms with Crippen LogP contribution in [0.1, 0.15) is 201 Å². The maximum absolute atomic E-state index is 12.6. The number of hydrogen-bond donors (Lipinski definition) is 0. The zero-order valence-corrected chi connectivity index (χ0v) is 32.2. The Bertz CT molecular complexity index is 845. The van der Waals surface area contributed by atoms with Gasteiger partial charge in [0.1, 0.15) is 13.2 Å². The molecule has 284 valence electrons. The highest BCUT2D eigenvalue weighted by Crippen LogP contribution is 2.12. The average molecular weight is 689 g/mol. The molecule has 0 spiro atoms. The molecule has 6 heteroatoms. The Morgan fingerprint density at radius 2 is 0.755 bits per heavy atom. The van der Waals surface area contributed by atoms with E-state index in [-0.39, 0.29) is 31.1 Å². The van der Waals surface area contributed by atoms with Gasteiger partial charge >= 0.3 is 17.9 Å². The van der Waals surface area contributed by atoms with E-state index in [0.29, 0.717) is 19.3 Å². The summed E-state index contributed by atoms with van der Waals surface area (Å²) in [5.41, 5.74) is 0. The summed E-state index contributed by atoms with van der Waals surface area (Å²) in [6, 6.07) is 0. The van der Waals surface area contributed by atoms with Gasteiger partial charge in [0.05, 0.1) is 0 Å². The van der Waals surface area contributed by atoms with Crippen molar-refractivity contribution in [2.75, 3.05) is 13.2 Å². The second-order valence-electron chi connectivity index (χ2n) is 13.5. The summed E-state index contributed by atoms with van der Waals surface area (Å²) in [5, 5.41) is 0. The Kier molecular flexibility index (Phi) is 36.6. The Balaban J connectivity index is 4.29. The molecule has 0 fully saturated rings. The number of carbonyl (C=O) groups is 3. The van der Waals surface area contributed by atoms with Gasteiger partial charge in [-0.3, -0.25) is 14.4 Å². The largest absolute Gasteiger partial charge is 0.462 e. The quantitative estimate of drug-likeness (QED) is 0.0282. The van der Waals surface area contributed by atoms with Crippen molar-refractivity contribution in [1.29, 1.82) is 0 Å². The number of allylic oxidation sites excluding steroid dienone is 6. The van der Waals surface area contributed by atoms with E-state index in [1.165, 1.54) is 64.2 Å². The van der Waals surface area contributed by atoms with Crippen molar-refractivity contribution in [2.45, 2.75) is 207 Å². The van der Waals surface area contributed by atoms with Gasteiger partial charge < -0.3 is 14.2 Å². The number of hydrogen-bond acceptors (Lipinski definition) is 6. The topological polar surface area (TPSA) is 78.9 Å². The van der Waals surface area contributed by atoms with Crippen molar-refractivity contribution in [3.8, 4) is 0 Å². The molecule has 1 unspecified atom stereocenters. The normalized spacial score (nSPS) is 12.3. The minimum Gasteiger partial charge on any atom is -0.462 e. The molecule has 0 saturated heterocycles. The van der Waals surface area contributed by atoms with Crippen LogP contribution in [-0.4, -0.2) is 37.2 Å². The maximum Gasteiger partial charge on any atom is 0.306 e. The third-order valence-electron chi connectivity index (χ3n) is 8.62. The van der Waals surface area contributed by atoms with E-state index in [1.54, 1.807) is 0 Å². The van der Waals surface area contributed by atoms with E-state index in [9.17, 15) is 14.4 Å². The van der Waals surface area contributed by atoms with Crippen molar-refractivity contribution in [2.24, 2.45) is 0 Å². The van der Waals surface area contributed by atoms with Crippen molar-refractivity contribution in [1.82, 2.24) is 0 Å². The predicted octanol–water partition coefficient (Wildman–Crippen LogP) is 12.6. The van der Waals surface area contributed by atoms with Gasteiger partial charge in [-0.25, -0.2) is 0 Å². The van der Waals surface area contributed by atoms with E-state index >= 15 is 0 Å². The summed E-state index contributed by atoms with van der Waals surface area (Å²) in [5.74, 6) is -0.923. The molecule has 0 radical (unpaired) electrons. The highest BCUT2D eigenvalue weighted by atomic mass is 16.6. The lowest BCUT2D eigenvalue weighted by molar-refractivity contribution is -0.167. The van der Waals surface area contributed by atoms with Gasteiger partial charge in [-0.05, 0) is 70.6 Å². The van der Waals surface area contributed by atoms with Gasteiger partial charge in [-0.2, -0.15) is 0 Å². The molecule has 0 aliphatic rings. The zero-order chi connectivity index (χ0) is 35.9. The first kappa shape index (κ1) is 46.6. The minimum atomic E-state index is -0.774. The van der Waals surface area contributed by atoms with E-state index in [1.807, 2.05) is 0 Å². The smallest absolute Gasteiger partial charge is 0.306 e. The fraction of sp³-hybridized carbons (Fsp3) is 0.791. The van der Waals surface area contributed by atoms with E-state index in [0.717, 1.165) is 96.3 Å². The Morgan fingerprint density at radius 3 is 1.24 bits per heavy atom. The van der Waals surface area contributed by atoms with Crippen LogP contribution in [0.25, 0.3) is 0 Å². The van der Waals surface area contributed by atoms with Crippen LogP contribution in [0.5, 0.6) is 0 Å². The summed E-state index contributed by atoms with van der Waals surface area (Å²) in [4.78, 5) is 37.3. The molecular formula is C43H76O6. The molecule has 0 bridgehead atoms. The highest BCUT2D eigenvalue weighted by Gasteiger charge is 2.19. The minimum absolute atomic E-state index is 0.0811. The molecule has 49 heavy (non-hydrogen) atoms. The van der Waals surface area contributed by atoms with Crippen LogP contribution >= 0.6 is 0 Å². The van der Waals surface area contributed by atoms with Gasteiger partial charge in [0.2, 0.25) is 0 Å². The Labute approximate surface area is 302 Å². The monoisotopic (exact) mass is 689 g/mol. The molecule has 1 atom stereocenters. The lowest BCUT2D eigenvalue weighted by Gasteiger charge is -2.18. The predicted molar refractivity (Wildman–Crippen MR) is 206 cm³/mol. The van der Waals surface area contributed by atoms with Gasteiger partial charge in [-0.15, -0.1) is 0 Å². The third kappa shape index (κ3) is 36.7. The van der Waals surface area contributed by atoms with Gasteiger partial charge in [0.15, 0.2) is 6.10 Å². The first-order chi connectivity index (χ1) is 24.0. The number of ether oxygens (including phenoxy) is 3. The number of rotatable bonds is 36. The van der Waals surface area contributed by atoms with Gasteiger partial charge in [0, 0.05) is 19.3 Å². The summed E-state index contributed by atoms with van der Waals surface area (Å²) >= 11 is 0. The number of unbranched alkanes of at least 4 members (excludes halogenated alkanes) is 19. The number of carbonyl (C=O) groups excluding carboxylic acids is 3. The van der Waals surface area contributed by atoms with Crippen molar-refractivity contribution >= 4 is 17.9 Å². The summed E-state index contributed by atoms with van der Waals surface area (Å²) in [6.45, 7) is 6.44. The van der Waals surface area contributed by atoms with Crippen LogP contribution in [0.4, 0.5) is 0 Å². The van der Waals surface area contributed by atoms with E-state index in [2.05, 4.69) is 57.2 Å². The fourth-order valence-corrected chi connectivity index (χ4v) is 5.45. The molecule has 6 nitrogen and oxygen atoms in total. The first-order valence-electron chi connectivity index (χ1n) is 20.5. The second-order valence-corrected chi connectivity index (χ2v) is 13.5. The zero-order valence-electron chi connectivity index (χ0n) is 32.2. The molecule has 0 N–H and O–H groups in total. The molecule has 0 saturated carbocycles. The van der Waals surface area contributed by atoms with Gasteiger partial charge in [0.25, 0.3) is 0 Å². The molecule has 0 rings (SSSR count). The third-order valence-corrected chi connectivity index (χ3v) is 8.62. The van der Waals surface area contributed by atoms with Crippen LogP contribution in [0.2, 0.25) is 0 Å². The summed E-state index contributed by atoms with van der Waals surface area (Å²) in [7, 11) is 0. The molecule has 0 aliphatic carbocycles. The van der Waals surface area contributed by atoms with Crippen LogP contribution in [0, 0.1) is 0 Å². The second kappa shape index (κ2) is 38.4. The highest BCUT2D eigenvalue weighted by molar-refractivity contribution is 5.71. The Morgan fingerprint density at radius 1 is 0.408 bits per heavy atom. The fourth-order valence-electron chi connectivity index (χ4n) is 5.45. The Hall–Kier alpha value is -2.37. The van der Waals surface area contributed by atoms with Crippen LogP contribution in [0.15, 0.2) is 36.5 Å². The molecular weight excluding hydrogens is 612 g/mol. The van der Waals surface area contributed by atoms with Crippen LogP contribution < -0.4 is 0 Å². The number of esters is 3. The molecule has 0 aromatic carbocycles. The standard InChI is InChI=1S/C43H76O6/c1-4-7-10-13-15-17-19-20-21-22-24-25-27-30-33-36-42(45)48-39-40(38-47-41(44)35-32-29-12-9-6-3)49-43(46)37-34-31-28-26-23-18-16-14-11-8-5-2/h14-17,20-21,40H,4-13,18-19,22-39H2,1-3H3/b16-14-,17-15-,21-20-. The van der Waals surface area contributed by atoms with Crippen molar-refractivity contribution in [3.63, 3.8) is 0 Å². The van der Waals surface area contributed by atoms with Crippen LogP contribution in [-0.2, 0) is 28.6 Å². The summed E-state index contributed by atoms with van der Waals surface area (Å²) < 4.78 is 16.5. The lowest BCUT2D eigenvalue weighted by Crippen LogP contribution is -2.30. The van der Waals surface area contributed by atoms with E-state index < -0.39 is 6.10 Å².